The lowest BCUT2D eigenvalue weighted by Gasteiger charge is -2.35. The molecule has 1 atom stereocenters. The summed E-state index contributed by atoms with van der Waals surface area (Å²) < 4.78 is 2.02. The van der Waals surface area contributed by atoms with E-state index in [1.807, 2.05) is 40.8 Å². The number of rotatable bonds is 2. The lowest BCUT2D eigenvalue weighted by molar-refractivity contribution is -0.130. The van der Waals surface area contributed by atoms with E-state index >= 15 is 0 Å². The maximum atomic E-state index is 13.2. The second-order valence-electron chi connectivity index (χ2n) is 8.99. The molecule has 4 rings (SSSR count). The predicted molar refractivity (Wildman–Crippen MR) is 121 cm³/mol. The quantitative estimate of drug-likeness (QED) is 0.803. The Hall–Kier alpha value is -2.41. The Morgan fingerprint density at radius 3 is 2.77 bits per heavy atom. The van der Waals surface area contributed by atoms with Gasteiger partial charge in [0.25, 0.3) is 0 Å². The van der Waals surface area contributed by atoms with E-state index in [4.69, 9.17) is 0 Å². The molecule has 2 aliphatic heterocycles. The lowest BCUT2D eigenvalue weighted by Crippen LogP contribution is -2.43. The highest BCUT2D eigenvalue weighted by atomic mass is 16.2. The first-order valence-corrected chi connectivity index (χ1v) is 11.8. The molecule has 2 aromatic heterocycles. The normalized spacial score (nSPS) is 22.2. The van der Waals surface area contributed by atoms with Gasteiger partial charge in [-0.2, -0.15) is 0 Å². The van der Waals surface area contributed by atoms with Crippen LogP contribution in [0.15, 0.2) is 24.5 Å². The van der Waals surface area contributed by atoms with Gasteiger partial charge in [0.05, 0.1) is 12.1 Å². The van der Waals surface area contributed by atoms with Crippen molar-refractivity contribution in [2.75, 3.05) is 32.7 Å². The minimum Gasteiger partial charge on any atom is -0.356 e. The molecule has 168 valence electrons. The second kappa shape index (κ2) is 10.3. The van der Waals surface area contributed by atoms with Gasteiger partial charge in [0.1, 0.15) is 5.65 Å². The molecule has 7 nitrogen and oxygen atoms in total. The van der Waals surface area contributed by atoms with Gasteiger partial charge < -0.3 is 14.6 Å². The third-order valence-electron chi connectivity index (χ3n) is 6.71. The Labute approximate surface area is 184 Å². The van der Waals surface area contributed by atoms with Gasteiger partial charge in [-0.25, -0.2) is 4.98 Å². The third kappa shape index (κ3) is 5.45. The molecule has 2 aromatic rings. The Balaban J connectivity index is 1.40. The summed E-state index contributed by atoms with van der Waals surface area (Å²) in [6.07, 6.45) is 11.2. The van der Waals surface area contributed by atoms with Crippen LogP contribution in [0.3, 0.4) is 0 Å². The van der Waals surface area contributed by atoms with Crippen LogP contribution in [-0.2, 0) is 16.0 Å². The van der Waals surface area contributed by atoms with E-state index < -0.39 is 0 Å². The topological polar surface area (TPSA) is 70.0 Å². The van der Waals surface area contributed by atoms with Crippen LogP contribution in [0.4, 0.5) is 0 Å². The van der Waals surface area contributed by atoms with Crippen molar-refractivity contribution in [2.45, 2.75) is 64.3 Å². The number of fused-ring (bicyclic) bond motifs is 2. The highest BCUT2D eigenvalue weighted by Gasteiger charge is 2.25. The molecular formula is C24H35N5O2. The molecule has 31 heavy (non-hydrogen) atoms. The smallest absolute Gasteiger partial charge is 0.228 e. The second-order valence-corrected chi connectivity index (χ2v) is 8.99. The number of amides is 2. The van der Waals surface area contributed by atoms with Gasteiger partial charge in [-0.1, -0.05) is 12.5 Å². The molecule has 0 spiro atoms. The number of imidazole rings is 1. The maximum absolute atomic E-state index is 13.2. The van der Waals surface area contributed by atoms with Crippen molar-refractivity contribution in [3.05, 3.63) is 35.8 Å². The highest BCUT2D eigenvalue weighted by Crippen LogP contribution is 2.20. The van der Waals surface area contributed by atoms with E-state index in [1.165, 1.54) is 12.8 Å². The van der Waals surface area contributed by atoms with E-state index in [0.717, 1.165) is 62.2 Å². The van der Waals surface area contributed by atoms with Crippen molar-refractivity contribution in [3.63, 3.8) is 0 Å². The Morgan fingerprint density at radius 2 is 1.90 bits per heavy atom. The number of pyridine rings is 1. The van der Waals surface area contributed by atoms with Crippen LogP contribution in [-0.4, -0.2) is 69.8 Å². The first-order chi connectivity index (χ1) is 15.1. The molecule has 1 N–H and O–H groups in total. The third-order valence-corrected chi connectivity index (χ3v) is 6.71. The molecule has 1 unspecified atom stereocenters. The van der Waals surface area contributed by atoms with Crippen LogP contribution in [0.25, 0.3) is 5.65 Å². The number of aromatic nitrogens is 2. The number of hydrogen-bond donors (Lipinski definition) is 1. The van der Waals surface area contributed by atoms with Crippen molar-refractivity contribution in [3.8, 4) is 0 Å². The average molecular weight is 426 g/mol. The minimum absolute atomic E-state index is 0.139. The molecule has 0 radical (unpaired) electrons. The van der Waals surface area contributed by atoms with Gasteiger partial charge in [-0.05, 0) is 63.7 Å². The average Bonchev–Trinajstić information content (AvgIpc) is 3.17. The maximum Gasteiger partial charge on any atom is 0.228 e. The molecule has 0 bridgehead atoms. The van der Waals surface area contributed by atoms with Crippen LogP contribution in [0, 0.1) is 6.92 Å². The Morgan fingerprint density at radius 1 is 1.13 bits per heavy atom. The molecule has 2 amide bonds. The fourth-order valence-corrected chi connectivity index (χ4v) is 4.95. The predicted octanol–water partition coefficient (Wildman–Crippen LogP) is 2.56. The van der Waals surface area contributed by atoms with Crippen LogP contribution in [0.1, 0.15) is 56.2 Å². The number of aryl methyl sites for hydroxylation is 1. The molecule has 0 aromatic carbocycles. The molecule has 2 fully saturated rings. The molecule has 4 heterocycles. The van der Waals surface area contributed by atoms with E-state index in [0.29, 0.717) is 32.0 Å². The Bertz CT molecular complexity index is 909. The summed E-state index contributed by atoms with van der Waals surface area (Å²) in [6, 6.07) is 4.41. The van der Waals surface area contributed by atoms with Gasteiger partial charge in [-0.3, -0.25) is 14.5 Å². The zero-order chi connectivity index (χ0) is 21.6. The van der Waals surface area contributed by atoms with Gasteiger partial charge >= 0.3 is 0 Å². The van der Waals surface area contributed by atoms with Crippen molar-refractivity contribution in [1.29, 1.82) is 0 Å². The first-order valence-electron chi connectivity index (χ1n) is 11.8. The van der Waals surface area contributed by atoms with E-state index in [-0.39, 0.29) is 11.8 Å². The number of piperidine rings is 1. The van der Waals surface area contributed by atoms with E-state index in [1.54, 1.807) is 0 Å². The molecule has 7 heteroatoms. The molecule has 2 aliphatic rings. The summed E-state index contributed by atoms with van der Waals surface area (Å²) in [7, 11) is 0. The fourth-order valence-electron chi connectivity index (χ4n) is 4.95. The van der Waals surface area contributed by atoms with Gasteiger partial charge in [0.15, 0.2) is 0 Å². The van der Waals surface area contributed by atoms with Crippen LogP contribution >= 0.6 is 0 Å². The summed E-state index contributed by atoms with van der Waals surface area (Å²) in [4.78, 5) is 34.5. The zero-order valence-corrected chi connectivity index (χ0v) is 18.7. The molecule has 2 saturated heterocycles. The van der Waals surface area contributed by atoms with E-state index in [9.17, 15) is 9.59 Å². The van der Waals surface area contributed by atoms with Crippen LogP contribution in [0.5, 0.6) is 0 Å². The van der Waals surface area contributed by atoms with Crippen molar-refractivity contribution in [2.24, 2.45) is 0 Å². The number of nitrogens with zero attached hydrogens (tertiary/aromatic N) is 4. The summed E-state index contributed by atoms with van der Waals surface area (Å²) in [5.74, 6) is 0.287. The minimum atomic E-state index is 0.139. The number of hydrogen-bond acceptors (Lipinski definition) is 4. The van der Waals surface area contributed by atoms with E-state index in [2.05, 4.69) is 15.2 Å². The fraction of sp³-hybridized carbons (Fsp3) is 0.625. The standard InChI is InChI=1S/C24H35N5O2/c1-19-8-6-15-29-21(18-26-24(19)29)17-23(31)28-13-5-4-12-27-11-3-2-9-20(27)16-22(30)25-10-7-14-28/h6,8,15,18,20H,2-5,7,9-14,16-17H2,1H3,(H,25,30). The lowest BCUT2D eigenvalue weighted by atomic mass is 9.98. The SMILES string of the molecule is Cc1cccn2c(CC(=O)N3CCCCN4CCCCC4CC(=O)NCCC3)cnc12. The number of carbonyl (C=O) groups excluding carboxylic acids is 2. The van der Waals surface area contributed by atoms with Gasteiger partial charge in [0, 0.05) is 44.5 Å². The van der Waals surface area contributed by atoms with Crippen LogP contribution in [0.2, 0.25) is 0 Å². The zero-order valence-electron chi connectivity index (χ0n) is 18.7. The summed E-state index contributed by atoms with van der Waals surface area (Å²) >= 11 is 0. The van der Waals surface area contributed by atoms with Gasteiger partial charge in [0.2, 0.25) is 11.8 Å². The van der Waals surface area contributed by atoms with Crippen LogP contribution < -0.4 is 5.32 Å². The summed E-state index contributed by atoms with van der Waals surface area (Å²) in [5.41, 5.74) is 2.94. The largest absolute Gasteiger partial charge is 0.356 e. The first kappa shape index (κ1) is 21.8. The van der Waals surface area contributed by atoms with Crippen molar-refractivity contribution in [1.82, 2.24) is 24.5 Å². The number of carbonyl (C=O) groups is 2. The van der Waals surface area contributed by atoms with Crippen molar-refractivity contribution < 1.29 is 9.59 Å². The Kier molecular flexibility index (Phi) is 7.22. The monoisotopic (exact) mass is 425 g/mol. The van der Waals surface area contributed by atoms with Gasteiger partial charge in [-0.15, -0.1) is 0 Å². The summed E-state index contributed by atoms with van der Waals surface area (Å²) in [6.45, 7) is 6.24. The molecule has 0 aliphatic carbocycles. The highest BCUT2D eigenvalue weighted by molar-refractivity contribution is 5.79. The van der Waals surface area contributed by atoms with Crippen molar-refractivity contribution >= 4 is 17.5 Å². The summed E-state index contributed by atoms with van der Waals surface area (Å²) in [5, 5.41) is 3.07. The number of nitrogens with one attached hydrogen (secondary N) is 1. The molecular weight excluding hydrogens is 390 g/mol. The molecule has 0 saturated carbocycles.